The zero-order valence-corrected chi connectivity index (χ0v) is 14.2. The molecule has 8 heteroatoms. The Morgan fingerprint density at radius 1 is 1.48 bits per heavy atom. The number of sulfonamides is 1. The molecule has 4 rings (SSSR count). The smallest absolute Gasteiger partial charge is 0.262 e. The second-order valence-corrected chi connectivity index (χ2v) is 9.09. The third-order valence-corrected chi connectivity index (χ3v) is 6.91. The van der Waals surface area contributed by atoms with Crippen LogP contribution in [0.2, 0.25) is 0 Å². The van der Waals surface area contributed by atoms with Crippen LogP contribution in [0.5, 0.6) is 0 Å². The molecule has 0 amide bonds. The highest BCUT2D eigenvalue weighted by Crippen LogP contribution is 2.43. The van der Waals surface area contributed by atoms with Crippen LogP contribution in [0.25, 0.3) is 0 Å². The molecule has 1 aromatic heterocycles. The average molecular weight is 341 g/mol. The molecular weight excluding hydrogens is 318 g/mol. The summed E-state index contributed by atoms with van der Waals surface area (Å²) in [5, 5.41) is 0.120. The van der Waals surface area contributed by atoms with Crippen LogP contribution >= 0.6 is 0 Å². The van der Waals surface area contributed by atoms with E-state index in [1.54, 1.807) is 22.1 Å². The van der Waals surface area contributed by atoms with E-state index in [0.29, 0.717) is 38.8 Å². The predicted molar refractivity (Wildman–Crippen MR) is 82.3 cm³/mol. The van der Waals surface area contributed by atoms with Crippen molar-refractivity contribution >= 4 is 10.0 Å². The van der Waals surface area contributed by atoms with E-state index in [4.69, 9.17) is 9.47 Å². The molecule has 0 aromatic carbocycles. The van der Waals surface area contributed by atoms with E-state index in [9.17, 15) is 8.42 Å². The number of aromatic nitrogens is 2. The molecule has 0 unspecified atom stereocenters. The molecule has 2 atom stereocenters. The van der Waals surface area contributed by atoms with Gasteiger partial charge in [0.15, 0.2) is 5.03 Å². The van der Waals surface area contributed by atoms with Gasteiger partial charge in [-0.1, -0.05) is 0 Å². The summed E-state index contributed by atoms with van der Waals surface area (Å²) in [7, 11) is -1.77. The molecule has 1 saturated carbocycles. The second kappa shape index (κ2) is 5.54. The Labute approximate surface area is 136 Å². The average Bonchev–Trinajstić information content (AvgIpc) is 2.91. The van der Waals surface area contributed by atoms with Gasteiger partial charge in [0, 0.05) is 44.3 Å². The fourth-order valence-corrected chi connectivity index (χ4v) is 5.09. The number of fused-ring (bicyclic) bond motifs is 1. The van der Waals surface area contributed by atoms with E-state index in [0.717, 1.165) is 6.61 Å². The van der Waals surface area contributed by atoms with Crippen LogP contribution < -0.4 is 0 Å². The lowest BCUT2D eigenvalue weighted by atomic mass is 9.82. The monoisotopic (exact) mass is 341 g/mol. The van der Waals surface area contributed by atoms with Crippen LogP contribution in [0, 0.1) is 17.3 Å². The minimum Gasteiger partial charge on any atom is -0.380 e. The summed E-state index contributed by atoms with van der Waals surface area (Å²) in [6.45, 7) is 3.52. The fourth-order valence-electron chi connectivity index (χ4n) is 3.54. The Kier molecular flexibility index (Phi) is 3.75. The molecule has 128 valence electrons. The fraction of sp³-hybridized carbons (Fsp3) is 0.800. The van der Waals surface area contributed by atoms with Crippen LogP contribution in [0.15, 0.2) is 17.6 Å². The van der Waals surface area contributed by atoms with Crippen LogP contribution in [0.4, 0.5) is 0 Å². The zero-order valence-electron chi connectivity index (χ0n) is 13.3. The molecular formula is C15H23N3O4S. The molecule has 0 radical (unpaired) electrons. The molecule has 3 aliphatic rings. The van der Waals surface area contributed by atoms with Gasteiger partial charge in [0.2, 0.25) is 0 Å². The first-order valence-electron chi connectivity index (χ1n) is 8.13. The third-order valence-electron chi connectivity index (χ3n) is 5.22. The third kappa shape index (κ3) is 2.82. The number of hydrogen-bond donors (Lipinski definition) is 0. The molecule has 2 aliphatic heterocycles. The van der Waals surface area contributed by atoms with Crippen molar-refractivity contribution in [2.45, 2.75) is 17.9 Å². The lowest BCUT2D eigenvalue weighted by Crippen LogP contribution is -2.37. The lowest BCUT2D eigenvalue weighted by Gasteiger charge is -2.26. The number of ether oxygens (including phenoxy) is 2. The zero-order chi connectivity index (χ0) is 16.1. The number of aryl methyl sites for hydroxylation is 1. The van der Waals surface area contributed by atoms with Crippen molar-refractivity contribution in [3.8, 4) is 0 Å². The Hall–Kier alpha value is -0.960. The maximum Gasteiger partial charge on any atom is 0.262 e. The molecule has 7 nitrogen and oxygen atoms in total. The van der Waals surface area contributed by atoms with E-state index < -0.39 is 10.0 Å². The van der Waals surface area contributed by atoms with Gasteiger partial charge < -0.3 is 14.0 Å². The number of hydrogen-bond acceptors (Lipinski definition) is 5. The quantitative estimate of drug-likeness (QED) is 0.753. The van der Waals surface area contributed by atoms with Crippen LogP contribution in [-0.2, 0) is 26.5 Å². The molecule has 3 heterocycles. The minimum atomic E-state index is -3.54. The van der Waals surface area contributed by atoms with Crippen LogP contribution in [0.1, 0.15) is 12.8 Å². The summed E-state index contributed by atoms with van der Waals surface area (Å²) in [6, 6.07) is 0. The van der Waals surface area contributed by atoms with Crippen molar-refractivity contribution in [1.29, 1.82) is 0 Å². The van der Waals surface area contributed by atoms with Crippen LogP contribution in [0.3, 0.4) is 0 Å². The van der Waals surface area contributed by atoms with E-state index in [1.165, 1.54) is 19.2 Å². The first kappa shape index (κ1) is 15.6. The van der Waals surface area contributed by atoms with Gasteiger partial charge in [0.25, 0.3) is 10.0 Å². The highest BCUT2D eigenvalue weighted by atomic mass is 32.2. The molecule has 0 N–H and O–H groups in total. The number of rotatable bonds is 6. The summed E-state index contributed by atoms with van der Waals surface area (Å²) in [6.07, 6.45) is 5.58. The van der Waals surface area contributed by atoms with E-state index >= 15 is 0 Å². The van der Waals surface area contributed by atoms with Crippen molar-refractivity contribution in [2.24, 2.45) is 24.3 Å². The van der Waals surface area contributed by atoms with Crippen molar-refractivity contribution in [3.63, 3.8) is 0 Å². The van der Waals surface area contributed by atoms with E-state index in [2.05, 4.69) is 4.98 Å². The summed E-state index contributed by atoms with van der Waals surface area (Å²) in [5.41, 5.74) is -0.198. The highest BCUT2D eigenvalue weighted by molar-refractivity contribution is 7.89. The van der Waals surface area contributed by atoms with Crippen molar-refractivity contribution in [2.75, 3.05) is 39.5 Å². The van der Waals surface area contributed by atoms with Crippen molar-refractivity contribution < 1.29 is 17.9 Å². The Morgan fingerprint density at radius 2 is 2.30 bits per heavy atom. The standard InChI is InChI=1S/C15H23N3O4S/c1-17-5-14(16-11-17)23(19,20)18-4-13-7-22-10-15(13,8-18)9-21-6-12-2-3-12/h5,11-13H,2-4,6-10H2,1H3/t13-,15-/m1/s1. The maximum atomic E-state index is 12.8. The molecule has 23 heavy (non-hydrogen) atoms. The molecule has 0 bridgehead atoms. The second-order valence-electron chi connectivity index (χ2n) is 7.21. The van der Waals surface area contributed by atoms with Gasteiger partial charge >= 0.3 is 0 Å². The highest BCUT2D eigenvalue weighted by Gasteiger charge is 2.54. The van der Waals surface area contributed by atoms with Gasteiger partial charge in [-0.2, -0.15) is 4.31 Å². The van der Waals surface area contributed by atoms with Crippen molar-refractivity contribution in [1.82, 2.24) is 13.9 Å². The summed E-state index contributed by atoms with van der Waals surface area (Å²) < 4.78 is 40.3. The largest absolute Gasteiger partial charge is 0.380 e. The van der Waals surface area contributed by atoms with Gasteiger partial charge in [0.05, 0.1) is 26.1 Å². The normalized spacial score (nSPS) is 31.6. The molecule has 3 fully saturated rings. The summed E-state index contributed by atoms with van der Waals surface area (Å²) in [4.78, 5) is 4.01. The molecule has 1 aliphatic carbocycles. The lowest BCUT2D eigenvalue weighted by molar-refractivity contribution is 0.0264. The minimum absolute atomic E-state index is 0.120. The van der Waals surface area contributed by atoms with Gasteiger partial charge in [-0.05, 0) is 18.8 Å². The van der Waals surface area contributed by atoms with Gasteiger partial charge in [0.1, 0.15) is 0 Å². The van der Waals surface area contributed by atoms with Gasteiger partial charge in [-0.3, -0.25) is 0 Å². The number of nitrogens with zero attached hydrogens (tertiary/aromatic N) is 3. The molecule has 0 spiro atoms. The Bertz CT molecular complexity index is 685. The van der Waals surface area contributed by atoms with E-state index in [1.807, 2.05) is 0 Å². The first-order chi connectivity index (χ1) is 11.0. The first-order valence-corrected chi connectivity index (χ1v) is 9.57. The molecule has 2 saturated heterocycles. The van der Waals surface area contributed by atoms with Gasteiger partial charge in [-0.25, -0.2) is 13.4 Å². The van der Waals surface area contributed by atoms with Crippen molar-refractivity contribution in [3.05, 3.63) is 12.5 Å². The summed E-state index contributed by atoms with van der Waals surface area (Å²) >= 11 is 0. The Balaban J connectivity index is 1.49. The topological polar surface area (TPSA) is 73.7 Å². The SMILES string of the molecule is Cn1cnc(S(=O)(=O)N2C[C@@H]3COC[C@]3(COCC3CC3)C2)c1. The summed E-state index contributed by atoms with van der Waals surface area (Å²) in [5.74, 6) is 0.919. The van der Waals surface area contributed by atoms with Crippen LogP contribution in [-0.4, -0.2) is 61.8 Å². The molecule has 1 aromatic rings. The Morgan fingerprint density at radius 3 is 3.00 bits per heavy atom. The maximum absolute atomic E-state index is 12.8. The van der Waals surface area contributed by atoms with Gasteiger partial charge in [-0.15, -0.1) is 0 Å². The number of imidazole rings is 1. The van der Waals surface area contributed by atoms with E-state index in [-0.39, 0.29) is 16.4 Å². The predicted octanol–water partition coefficient (Wildman–Crippen LogP) is 0.484.